The number of fused-ring (bicyclic) bond motifs is 1. The van der Waals surface area contributed by atoms with E-state index in [-0.39, 0.29) is 0 Å². The molecule has 0 unspecified atom stereocenters. The fourth-order valence-corrected chi connectivity index (χ4v) is 4.10. The summed E-state index contributed by atoms with van der Waals surface area (Å²) < 4.78 is 7.41. The van der Waals surface area contributed by atoms with Gasteiger partial charge >= 0.3 is 0 Å². The Morgan fingerprint density at radius 3 is 2.79 bits per heavy atom. The van der Waals surface area contributed by atoms with Crippen LogP contribution >= 0.6 is 0 Å². The quantitative estimate of drug-likeness (QED) is 0.533. The standard InChI is InChI=1S/C22H24N6O/c1-29-17-7-8-19-20(10-17)27-22(26-19)18-9-14(11-24-21(18)23)15-12-25-28(13-15)16-5-3-2-4-6-16/h7-13,16H,2-6H2,1H3,(H2,23,24)(H,26,27). The first-order valence-electron chi connectivity index (χ1n) is 10.1. The molecule has 1 aliphatic rings. The lowest BCUT2D eigenvalue weighted by molar-refractivity contribution is 0.329. The maximum absolute atomic E-state index is 6.18. The molecule has 1 saturated carbocycles. The Balaban J connectivity index is 1.50. The van der Waals surface area contributed by atoms with Crippen molar-refractivity contribution in [3.8, 4) is 28.3 Å². The van der Waals surface area contributed by atoms with E-state index >= 15 is 0 Å². The number of nitrogens with one attached hydrogen (secondary N) is 1. The van der Waals surface area contributed by atoms with Gasteiger partial charge in [-0.25, -0.2) is 9.97 Å². The molecule has 148 valence electrons. The number of hydrogen-bond donors (Lipinski definition) is 2. The first-order valence-corrected chi connectivity index (χ1v) is 10.1. The molecule has 1 aliphatic carbocycles. The Hall–Kier alpha value is -3.35. The third kappa shape index (κ3) is 3.33. The summed E-state index contributed by atoms with van der Waals surface area (Å²) in [5.41, 5.74) is 10.7. The summed E-state index contributed by atoms with van der Waals surface area (Å²) >= 11 is 0. The van der Waals surface area contributed by atoms with Gasteiger partial charge in [-0.2, -0.15) is 5.10 Å². The Bertz CT molecular complexity index is 1160. The second-order valence-corrected chi connectivity index (χ2v) is 7.63. The van der Waals surface area contributed by atoms with Crippen molar-refractivity contribution in [3.63, 3.8) is 0 Å². The highest BCUT2D eigenvalue weighted by Crippen LogP contribution is 2.32. The van der Waals surface area contributed by atoms with Gasteiger partial charge < -0.3 is 15.5 Å². The predicted octanol–water partition coefficient (Wildman–Crippen LogP) is 4.58. The Kier molecular flexibility index (Phi) is 4.42. The number of nitrogens with zero attached hydrogens (tertiary/aromatic N) is 4. The number of rotatable bonds is 4. The van der Waals surface area contributed by atoms with Crippen LogP contribution in [0, 0.1) is 0 Å². The fraction of sp³-hybridized carbons (Fsp3) is 0.318. The van der Waals surface area contributed by atoms with Crippen LogP contribution < -0.4 is 10.5 Å². The average molecular weight is 388 g/mol. The van der Waals surface area contributed by atoms with Crippen molar-refractivity contribution in [1.82, 2.24) is 24.7 Å². The SMILES string of the molecule is COc1ccc2nc(-c3cc(-c4cnn(C5CCCCC5)c4)cnc3N)[nH]c2c1. The molecule has 0 aliphatic heterocycles. The van der Waals surface area contributed by atoms with Crippen LogP contribution in [0.5, 0.6) is 5.75 Å². The van der Waals surface area contributed by atoms with Crippen LogP contribution in [0.25, 0.3) is 33.5 Å². The number of aromatic amines is 1. The summed E-state index contributed by atoms with van der Waals surface area (Å²) in [4.78, 5) is 12.4. The van der Waals surface area contributed by atoms with Gasteiger partial charge in [-0.1, -0.05) is 19.3 Å². The van der Waals surface area contributed by atoms with Crippen molar-refractivity contribution in [2.24, 2.45) is 0 Å². The Morgan fingerprint density at radius 1 is 1.10 bits per heavy atom. The number of benzene rings is 1. The van der Waals surface area contributed by atoms with Crippen LogP contribution in [0.15, 0.2) is 42.9 Å². The molecule has 0 atom stereocenters. The molecule has 7 nitrogen and oxygen atoms in total. The van der Waals surface area contributed by atoms with Gasteiger partial charge in [0.15, 0.2) is 0 Å². The summed E-state index contributed by atoms with van der Waals surface area (Å²) in [6.45, 7) is 0. The number of nitrogens with two attached hydrogens (primary N) is 1. The molecule has 5 rings (SSSR count). The molecule has 0 spiro atoms. The van der Waals surface area contributed by atoms with E-state index in [0.29, 0.717) is 17.7 Å². The number of ether oxygens (including phenoxy) is 1. The van der Waals surface area contributed by atoms with Crippen LogP contribution in [0.1, 0.15) is 38.1 Å². The van der Waals surface area contributed by atoms with E-state index in [1.165, 1.54) is 32.1 Å². The van der Waals surface area contributed by atoms with Gasteiger partial charge in [0.05, 0.1) is 35.9 Å². The summed E-state index contributed by atoms with van der Waals surface area (Å²) in [6, 6.07) is 8.28. The second kappa shape index (κ2) is 7.24. The zero-order valence-corrected chi connectivity index (χ0v) is 16.4. The van der Waals surface area contributed by atoms with Crippen molar-refractivity contribution in [2.45, 2.75) is 38.1 Å². The summed E-state index contributed by atoms with van der Waals surface area (Å²) in [6.07, 6.45) is 12.1. The van der Waals surface area contributed by atoms with E-state index in [2.05, 4.69) is 30.9 Å². The first kappa shape index (κ1) is 17.7. The zero-order valence-electron chi connectivity index (χ0n) is 16.4. The monoisotopic (exact) mass is 388 g/mol. The maximum atomic E-state index is 6.18. The molecule has 3 heterocycles. The minimum atomic E-state index is 0.444. The average Bonchev–Trinajstić information content (AvgIpc) is 3.41. The van der Waals surface area contributed by atoms with Crippen molar-refractivity contribution in [1.29, 1.82) is 0 Å². The van der Waals surface area contributed by atoms with Crippen LogP contribution in [0.2, 0.25) is 0 Å². The van der Waals surface area contributed by atoms with Gasteiger partial charge in [0.2, 0.25) is 0 Å². The van der Waals surface area contributed by atoms with E-state index < -0.39 is 0 Å². The van der Waals surface area contributed by atoms with Gasteiger partial charge in [0, 0.05) is 29.6 Å². The topological polar surface area (TPSA) is 94.6 Å². The molecule has 1 aromatic carbocycles. The minimum absolute atomic E-state index is 0.444. The normalized spacial score (nSPS) is 15.1. The highest BCUT2D eigenvalue weighted by atomic mass is 16.5. The van der Waals surface area contributed by atoms with Crippen LogP contribution in [-0.4, -0.2) is 31.8 Å². The third-order valence-electron chi connectivity index (χ3n) is 5.75. The molecular weight excluding hydrogens is 364 g/mol. The van der Waals surface area contributed by atoms with E-state index in [1.807, 2.05) is 30.5 Å². The van der Waals surface area contributed by atoms with Crippen molar-refractivity contribution < 1.29 is 4.74 Å². The molecule has 0 saturated heterocycles. The number of methoxy groups -OCH3 is 1. The van der Waals surface area contributed by atoms with Gasteiger partial charge in [-0.3, -0.25) is 4.68 Å². The van der Waals surface area contributed by atoms with Crippen LogP contribution in [0.3, 0.4) is 0 Å². The van der Waals surface area contributed by atoms with Gasteiger partial charge in [-0.05, 0) is 31.0 Å². The smallest absolute Gasteiger partial charge is 0.142 e. The maximum Gasteiger partial charge on any atom is 0.142 e. The van der Waals surface area contributed by atoms with Gasteiger partial charge in [-0.15, -0.1) is 0 Å². The van der Waals surface area contributed by atoms with E-state index in [9.17, 15) is 0 Å². The minimum Gasteiger partial charge on any atom is -0.497 e. The molecule has 7 heteroatoms. The summed E-state index contributed by atoms with van der Waals surface area (Å²) in [5, 5.41) is 4.62. The predicted molar refractivity (Wildman–Crippen MR) is 114 cm³/mol. The van der Waals surface area contributed by atoms with E-state index in [0.717, 1.165) is 33.5 Å². The summed E-state index contributed by atoms with van der Waals surface area (Å²) in [7, 11) is 1.65. The van der Waals surface area contributed by atoms with E-state index in [4.69, 9.17) is 10.5 Å². The Morgan fingerprint density at radius 2 is 1.97 bits per heavy atom. The lowest BCUT2D eigenvalue weighted by Crippen LogP contribution is -2.12. The Labute approximate surface area is 168 Å². The number of anilines is 1. The van der Waals surface area contributed by atoms with Crippen molar-refractivity contribution in [3.05, 3.63) is 42.9 Å². The number of aromatic nitrogens is 5. The number of pyridine rings is 1. The van der Waals surface area contributed by atoms with Crippen LogP contribution in [0.4, 0.5) is 5.82 Å². The highest BCUT2D eigenvalue weighted by molar-refractivity contribution is 5.84. The van der Waals surface area contributed by atoms with Gasteiger partial charge in [0.1, 0.15) is 17.4 Å². The number of imidazole rings is 1. The lowest BCUT2D eigenvalue weighted by Gasteiger charge is -2.21. The first-order chi connectivity index (χ1) is 14.2. The molecule has 3 aromatic heterocycles. The summed E-state index contributed by atoms with van der Waals surface area (Å²) in [5.74, 6) is 1.92. The number of hydrogen-bond acceptors (Lipinski definition) is 5. The molecule has 3 N–H and O–H groups in total. The zero-order chi connectivity index (χ0) is 19.8. The third-order valence-corrected chi connectivity index (χ3v) is 5.75. The molecule has 0 bridgehead atoms. The highest BCUT2D eigenvalue weighted by Gasteiger charge is 2.17. The number of H-pyrrole nitrogens is 1. The lowest BCUT2D eigenvalue weighted by atomic mass is 9.96. The van der Waals surface area contributed by atoms with Crippen molar-refractivity contribution >= 4 is 16.9 Å². The molecular formula is C22H24N6O. The molecule has 1 fully saturated rings. The molecule has 0 radical (unpaired) electrons. The van der Waals surface area contributed by atoms with Gasteiger partial charge in [0.25, 0.3) is 0 Å². The van der Waals surface area contributed by atoms with E-state index in [1.54, 1.807) is 13.3 Å². The molecule has 0 amide bonds. The molecule has 4 aromatic rings. The fourth-order valence-electron chi connectivity index (χ4n) is 4.10. The van der Waals surface area contributed by atoms with Crippen molar-refractivity contribution in [2.75, 3.05) is 12.8 Å². The molecule has 29 heavy (non-hydrogen) atoms. The largest absolute Gasteiger partial charge is 0.497 e. The second-order valence-electron chi connectivity index (χ2n) is 7.63. The number of nitrogen functional groups attached to an aromatic ring is 1. The van der Waals surface area contributed by atoms with Crippen LogP contribution in [-0.2, 0) is 0 Å².